The van der Waals surface area contributed by atoms with E-state index >= 15 is 0 Å². The maximum atomic E-state index is 11.6. The third kappa shape index (κ3) is 4.39. The van der Waals surface area contributed by atoms with Crippen LogP contribution in [0.25, 0.3) is 0 Å². The van der Waals surface area contributed by atoms with Crippen molar-refractivity contribution in [1.29, 1.82) is 0 Å². The molecular weight excluding hydrogens is 268 g/mol. The first-order chi connectivity index (χ1) is 8.99. The van der Waals surface area contributed by atoms with E-state index < -0.39 is 10.0 Å². The molecule has 0 aromatic carbocycles. The fourth-order valence-electron chi connectivity index (χ4n) is 2.90. The van der Waals surface area contributed by atoms with E-state index in [1.807, 2.05) is 0 Å². The van der Waals surface area contributed by atoms with Crippen LogP contribution in [0.3, 0.4) is 0 Å². The highest BCUT2D eigenvalue weighted by Crippen LogP contribution is 2.20. The van der Waals surface area contributed by atoms with E-state index in [0.717, 1.165) is 32.5 Å². The summed E-state index contributed by atoms with van der Waals surface area (Å²) in [6.07, 6.45) is 3.20. The Hall–Kier alpha value is -0.210. The summed E-state index contributed by atoms with van der Waals surface area (Å²) >= 11 is 0. The molecule has 0 spiro atoms. The molecule has 6 nitrogen and oxygen atoms in total. The lowest BCUT2D eigenvalue weighted by molar-refractivity contribution is -0.0575. The zero-order chi connectivity index (χ0) is 13.9. The van der Waals surface area contributed by atoms with Gasteiger partial charge in [-0.1, -0.05) is 0 Å². The Labute approximate surface area is 115 Å². The summed E-state index contributed by atoms with van der Waals surface area (Å²) in [7, 11) is -3.06. The van der Waals surface area contributed by atoms with Crippen LogP contribution in [0.5, 0.6) is 0 Å². The molecule has 2 rings (SSSR count). The molecule has 2 fully saturated rings. The first-order valence-electron chi connectivity index (χ1n) is 6.89. The molecule has 19 heavy (non-hydrogen) atoms. The van der Waals surface area contributed by atoms with Gasteiger partial charge in [-0.3, -0.25) is 4.90 Å². The van der Waals surface area contributed by atoms with Crippen LogP contribution in [0.4, 0.5) is 0 Å². The predicted octanol–water partition coefficient (Wildman–Crippen LogP) is -0.649. The topological polar surface area (TPSA) is 70.1 Å². The summed E-state index contributed by atoms with van der Waals surface area (Å²) in [5.74, 6) is 0.390. The lowest BCUT2D eigenvalue weighted by atomic mass is 9.98. The van der Waals surface area contributed by atoms with Crippen molar-refractivity contribution in [2.24, 2.45) is 5.92 Å². The standard InChI is InChI=1S/C12H24N2O4S/c1-19(16,17)14-4-2-3-11(8-14)7-13-5-6-18-12(9-13)10-15/h11-12,15H,2-10H2,1H3. The third-order valence-corrected chi connectivity index (χ3v) is 5.16. The zero-order valence-corrected chi connectivity index (χ0v) is 12.3. The number of ether oxygens (including phenoxy) is 1. The average Bonchev–Trinajstić information content (AvgIpc) is 2.38. The first-order valence-corrected chi connectivity index (χ1v) is 8.74. The number of piperidine rings is 1. The minimum absolute atomic E-state index is 0.0522. The lowest BCUT2D eigenvalue weighted by Gasteiger charge is -2.37. The molecule has 0 aromatic rings. The van der Waals surface area contributed by atoms with Gasteiger partial charge in [0.05, 0.1) is 25.6 Å². The minimum Gasteiger partial charge on any atom is -0.394 e. The molecule has 2 saturated heterocycles. The number of aliphatic hydroxyl groups is 1. The minimum atomic E-state index is -3.06. The highest BCUT2D eigenvalue weighted by atomic mass is 32.2. The summed E-state index contributed by atoms with van der Waals surface area (Å²) < 4.78 is 30.2. The monoisotopic (exact) mass is 292 g/mol. The Morgan fingerprint density at radius 2 is 2.11 bits per heavy atom. The molecule has 0 radical (unpaired) electrons. The van der Waals surface area contributed by atoms with Crippen LogP contribution in [0.1, 0.15) is 12.8 Å². The Kier molecular flexibility index (Phi) is 5.19. The van der Waals surface area contributed by atoms with Crippen LogP contribution < -0.4 is 0 Å². The molecule has 2 aliphatic rings. The number of aliphatic hydroxyl groups excluding tert-OH is 1. The van der Waals surface area contributed by atoms with E-state index in [4.69, 9.17) is 9.84 Å². The second kappa shape index (κ2) is 6.49. The molecule has 2 unspecified atom stereocenters. The van der Waals surface area contributed by atoms with Gasteiger partial charge in [0, 0.05) is 32.7 Å². The molecule has 1 N–H and O–H groups in total. The summed E-state index contributed by atoms with van der Waals surface area (Å²) in [4.78, 5) is 2.28. The summed E-state index contributed by atoms with van der Waals surface area (Å²) in [5.41, 5.74) is 0. The smallest absolute Gasteiger partial charge is 0.211 e. The van der Waals surface area contributed by atoms with Crippen molar-refractivity contribution in [2.45, 2.75) is 18.9 Å². The van der Waals surface area contributed by atoms with Gasteiger partial charge in [0.25, 0.3) is 0 Å². The number of rotatable bonds is 4. The van der Waals surface area contributed by atoms with Crippen LogP contribution in [0.2, 0.25) is 0 Å². The number of sulfonamides is 1. The second-order valence-corrected chi connectivity index (χ2v) is 7.55. The van der Waals surface area contributed by atoms with Crippen molar-refractivity contribution >= 4 is 10.0 Å². The second-order valence-electron chi connectivity index (χ2n) is 5.56. The van der Waals surface area contributed by atoms with Gasteiger partial charge in [0.1, 0.15) is 0 Å². The largest absolute Gasteiger partial charge is 0.394 e. The van der Waals surface area contributed by atoms with E-state index in [9.17, 15) is 8.42 Å². The van der Waals surface area contributed by atoms with E-state index in [1.54, 1.807) is 4.31 Å². The van der Waals surface area contributed by atoms with E-state index in [1.165, 1.54) is 6.26 Å². The number of hydrogen-bond donors (Lipinski definition) is 1. The zero-order valence-electron chi connectivity index (χ0n) is 11.5. The van der Waals surface area contributed by atoms with Gasteiger partial charge >= 0.3 is 0 Å². The molecule has 0 saturated carbocycles. The number of morpholine rings is 1. The number of nitrogens with zero attached hydrogens (tertiary/aromatic N) is 2. The molecule has 7 heteroatoms. The fourth-order valence-corrected chi connectivity index (χ4v) is 3.84. The van der Waals surface area contributed by atoms with Crippen molar-refractivity contribution in [3.05, 3.63) is 0 Å². The SMILES string of the molecule is CS(=O)(=O)N1CCCC(CN2CCOC(CO)C2)C1. The van der Waals surface area contributed by atoms with E-state index in [2.05, 4.69) is 4.90 Å². The van der Waals surface area contributed by atoms with Crippen molar-refractivity contribution in [3.8, 4) is 0 Å². The highest BCUT2D eigenvalue weighted by molar-refractivity contribution is 7.88. The maximum Gasteiger partial charge on any atom is 0.211 e. The van der Waals surface area contributed by atoms with Crippen molar-refractivity contribution < 1.29 is 18.3 Å². The van der Waals surface area contributed by atoms with Crippen molar-refractivity contribution in [2.75, 3.05) is 52.2 Å². The molecule has 0 amide bonds. The molecular formula is C12H24N2O4S. The Bertz CT molecular complexity index is 387. The molecule has 2 heterocycles. The van der Waals surface area contributed by atoms with Crippen LogP contribution in [0, 0.1) is 5.92 Å². The fraction of sp³-hybridized carbons (Fsp3) is 1.00. The maximum absolute atomic E-state index is 11.6. The van der Waals surface area contributed by atoms with Gasteiger partial charge in [-0.2, -0.15) is 0 Å². The lowest BCUT2D eigenvalue weighted by Crippen LogP contribution is -2.48. The van der Waals surface area contributed by atoms with Crippen LogP contribution in [-0.2, 0) is 14.8 Å². The van der Waals surface area contributed by atoms with Crippen molar-refractivity contribution in [1.82, 2.24) is 9.21 Å². The predicted molar refractivity (Wildman–Crippen MR) is 72.4 cm³/mol. The van der Waals surface area contributed by atoms with Gasteiger partial charge in [0.15, 0.2) is 0 Å². The van der Waals surface area contributed by atoms with Crippen LogP contribution in [0.15, 0.2) is 0 Å². The van der Waals surface area contributed by atoms with Gasteiger partial charge in [-0.25, -0.2) is 12.7 Å². The molecule has 0 aromatic heterocycles. The Morgan fingerprint density at radius 1 is 1.32 bits per heavy atom. The third-order valence-electron chi connectivity index (χ3n) is 3.89. The number of hydrogen-bond acceptors (Lipinski definition) is 5. The molecule has 2 atom stereocenters. The van der Waals surface area contributed by atoms with E-state index in [0.29, 0.717) is 25.6 Å². The molecule has 0 bridgehead atoms. The highest BCUT2D eigenvalue weighted by Gasteiger charge is 2.28. The normalized spacial score (nSPS) is 31.5. The van der Waals surface area contributed by atoms with Crippen LogP contribution in [-0.4, -0.2) is 81.0 Å². The van der Waals surface area contributed by atoms with Crippen LogP contribution >= 0.6 is 0 Å². The quantitative estimate of drug-likeness (QED) is 0.746. The summed E-state index contributed by atoms with van der Waals surface area (Å²) in [6, 6.07) is 0. The molecule has 2 aliphatic heterocycles. The molecule has 0 aliphatic carbocycles. The summed E-state index contributed by atoms with van der Waals surface area (Å²) in [6.45, 7) is 4.48. The van der Waals surface area contributed by atoms with Gasteiger partial charge in [-0.15, -0.1) is 0 Å². The Morgan fingerprint density at radius 3 is 2.79 bits per heavy atom. The first kappa shape index (κ1) is 15.2. The van der Waals surface area contributed by atoms with E-state index in [-0.39, 0.29) is 12.7 Å². The van der Waals surface area contributed by atoms with Gasteiger partial charge < -0.3 is 9.84 Å². The van der Waals surface area contributed by atoms with Gasteiger partial charge in [-0.05, 0) is 18.8 Å². The molecule has 112 valence electrons. The van der Waals surface area contributed by atoms with Gasteiger partial charge in [0.2, 0.25) is 10.0 Å². The Balaban J connectivity index is 1.85. The summed E-state index contributed by atoms with van der Waals surface area (Å²) in [5, 5.41) is 9.12. The van der Waals surface area contributed by atoms with Crippen molar-refractivity contribution in [3.63, 3.8) is 0 Å². The average molecular weight is 292 g/mol.